The first kappa shape index (κ1) is 14.6. The topological polar surface area (TPSA) is 62.3 Å². The molecule has 1 heterocycles. The van der Waals surface area contributed by atoms with Crippen LogP contribution in [0.3, 0.4) is 0 Å². The van der Waals surface area contributed by atoms with Gasteiger partial charge in [-0.05, 0) is 35.2 Å². The fraction of sp³-hybridized carbons (Fsp3) is 0.118. The molecule has 0 saturated carbocycles. The second kappa shape index (κ2) is 5.83. The number of hydrogen-bond acceptors (Lipinski definition) is 3. The number of benzene rings is 2. The number of pyridine rings is 1. The predicted molar refractivity (Wildman–Crippen MR) is 86.5 cm³/mol. The number of aromatic hydroxyl groups is 1. The summed E-state index contributed by atoms with van der Waals surface area (Å²) in [4.78, 5) is 15.2. The Morgan fingerprint density at radius 3 is 2.68 bits per heavy atom. The summed E-state index contributed by atoms with van der Waals surface area (Å²) in [5, 5.41) is 10.7. The van der Waals surface area contributed by atoms with Crippen molar-refractivity contribution in [2.75, 3.05) is 7.11 Å². The number of fused-ring (bicyclic) bond motifs is 1. The Balaban J connectivity index is 2.16. The average Bonchev–Trinajstić information content (AvgIpc) is 2.52. The number of aromatic nitrogens is 1. The minimum Gasteiger partial charge on any atom is -0.506 e. The van der Waals surface area contributed by atoms with Gasteiger partial charge in [-0.15, -0.1) is 0 Å². The van der Waals surface area contributed by atoms with Crippen molar-refractivity contribution in [1.29, 1.82) is 0 Å². The molecule has 1 atom stereocenters. The smallest absolute Gasteiger partial charge is 0.254 e. The van der Waals surface area contributed by atoms with Gasteiger partial charge in [-0.25, -0.2) is 0 Å². The minimum atomic E-state index is -0.563. The lowest BCUT2D eigenvalue weighted by Crippen LogP contribution is -2.18. The van der Waals surface area contributed by atoms with Gasteiger partial charge in [0.05, 0.1) is 10.6 Å². The first-order chi connectivity index (χ1) is 10.6. The third-order valence-corrected chi connectivity index (χ3v) is 3.88. The molecule has 112 valence electrons. The molecule has 0 aliphatic carbocycles. The van der Waals surface area contributed by atoms with Crippen molar-refractivity contribution in [3.8, 4) is 5.75 Å². The fourth-order valence-corrected chi connectivity index (χ4v) is 2.68. The zero-order chi connectivity index (χ0) is 15.7. The molecule has 0 fully saturated rings. The van der Waals surface area contributed by atoms with Crippen LogP contribution in [0.4, 0.5) is 0 Å². The Kier molecular flexibility index (Phi) is 3.88. The molecule has 0 bridgehead atoms. The first-order valence-corrected chi connectivity index (χ1v) is 7.11. The van der Waals surface area contributed by atoms with E-state index in [1.807, 2.05) is 30.3 Å². The van der Waals surface area contributed by atoms with Crippen LogP contribution >= 0.6 is 11.6 Å². The van der Waals surface area contributed by atoms with Gasteiger partial charge in [0, 0.05) is 12.6 Å². The standard InChI is InChI=1S/C17H14ClNO3/c1-22-16(11-6-7-15(20)13(18)9-11)12-8-10-4-2-3-5-14(10)19-17(12)21/h2-9,16,20H,1H3,(H,19,21). The maximum Gasteiger partial charge on any atom is 0.254 e. The molecule has 0 saturated heterocycles. The summed E-state index contributed by atoms with van der Waals surface area (Å²) in [5.41, 5.74) is 1.75. The molecule has 1 unspecified atom stereocenters. The lowest BCUT2D eigenvalue weighted by Gasteiger charge is -2.16. The third-order valence-electron chi connectivity index (χ3n) is 3.57. The van der Waals surface area contributed by atoms with E-state index < -0.39 is 6.10 Å². The van der Waals surface area contributed by atoms with Gasteiger partial charge < -0.3 is 14.8 Å². The molecule has 1 aromatic heterocycles. The zero-order valence-corrected chi connectivity index (χ0v) is 12.6. The van der Waals surface area contributed by atoms with Crippen molar-refractivity contribution < 1.29 is 9.84 Å². The highest BCUT2D eigenvalue weighted by molar-refractivity contribution is 6.32. The average molecular weight is 316 g/mol. The number of hydrogen-bond donors (Lipinski definition) is 2. The van der Waals surface area contributed by atoms with Crippen molar-refractivity contribution in [3.63, 3.8) is 0 Å². The second-order valence-corrected chi connectivity index (χ2v) is 5.37. The number of ether oxygens (including phenoxy) is 1. The van der Waals surface area contributed by atoms with Gasteiger partial charge in [0.1, 0.15) is 11.9 Å². The van der Waals surface area contributed by atoms with E-state index in [-0.39, 0.29) is 16.3 Å². The van der Waals surface area contributed by atoms with Crippen LogP contribution in [-0.4, -0.2) is 17.2 Å². The normalized spacial score (nSPS) is 12.5. The summed E-state index contributed by atoms with van der Waals surface area (Å²) in [7, 11) is 1.53. The molecule has 22 heavy (non-hydrogen) atoms. The van der Waals surface area contributed by atoms with E-state index in [0.717, 1.165) is 10.9 Å². The number of para-hydroxylation sites is 1. The summed E-state index contributed by atoms with van der Waals surface area (Å²) in [6, 6.07) is 14.1. The van der Waals surface area contributed by atoms with Gasteiger partial charge in [-0.1, -0.05) is 35.9 Å². The van der Waals surface area contributed by atoms with Crippen LogP contribution in [0.15, 0.2) is 53.3 Å². The number of phenols is 1. The van der Waals surface area contributed by atoms with Crippen molar-refractivity contribution in [2.24, 2.45) is 0 Å². The maximum absolute atomic E-state index is 12.3. The van der Waals surface area contributed by atoms with Crippen LogP contribution in [0.25, 0.3) is 10.9 Å². The van der Waals surface area contributed by atoms with Gasteiger partial charge in [0.25, 0.3) is 5.56 Å². The number of rotatable bonds is 3. The molecule has 0 radical (unpaired) electrons. The Bertz CT molecular complexity index is 888. The van der Waals surface area contributed by atoms with E-state index in [0.29, 0.717) is 11.1 Å². The number of phenolic OH excluding ortho intramolecular Hbond substituents is 1. The summed E-state index contributed by atoms with van der Waals surface area (Å²) >= 11 is 5.95. The maximum atomic E-state index is 12.3. The summed E-state index contributed by atoms with van der Waals surface area (Å²) < 4.78 is 5.49. The zero-order valence-electron chi connectivity index (χ0n) is 11.8. The molecule has 2 aromatic carbocycles. The van der Waals surface area contributed by atoms with E-state index >= 15 is 0 Å². The Morgan fingerprint density at radius 1 is 1.18 bits per heavy atom. The van der Waals surface area contributed by atoms with E-state index in [9.17, 15) is 9.90 Å². The van der Waals surface area contributed by atoms with Crippen molar-refractivity contribution in [2.45, 2.75) is 6.10 Å². The van der Waals surface area contributed by atoms with Gasteiger partial charge in [0.15, 0.2) is 0 Å². The number of methoxy groups -OCH3 is 1. The molecule has 0 aliphatic heterocycles. The molecule has 3 aromatic rings. The van der Waals surface area contributed by atoms with Gasteiger partial charge in [0.2, 0.25) is 0 Å². The predicted octanol–water partition coefficient (Wildman–Crippen LogP) is 3.62. The Morgan fingerprint density at radius 2 is 1.95 bits per heavy atom. The van der Waals surface area contributed by atoms with Crippen LogP contribution in [0.2, 0.25) is 5.02 Å². The van der Waals surface area contributed by atoms with Crippen molar-refractivity contribution in [3.05, 3.63) is 75.0 Å². The van der Waals surface area contributed by atoms with Gasteiger partial charge in [-0.2, -0.15) is 0 Å². The Labute approximate surface area is 131 Å². The summed E-state index contributed by atoms with van der Waals surface area (Å²) in [6.45, 7) is 0. The molecule has 3 rings (SSSR count). The highest BCUT2D eigenvalue weighted by Gasteiger charge is 2.18. The van der Waals surface area contributed by atoms with Crippen LogP contribution < -0.4 is 5.56 Å². The van der Waals surface area contributed by atoms with E-state index in [2.05, 4.69) is 4.98 Å². The quantitative estimate of drug-likeness (QED) is 0.776. The summed E-state index contributed by atoms with van der Waals surface area (Å²) in [6.07, 6.45) is -0.563. The minimum absolute atomic E-state index is 0.00677. The lowest BCUT2D eigenvalue weighted by molar-refractivity contribution is 0.135. The van der Waals surface area contributed by atoms with Gasteiger partial charge in [-0.3, -0.25) is 4.79 Å². The number of halogens is 1. The Hall–Kier alpha value is -2.30. The monoisotopic (exact) mass is 315 g/mol. The second-order valence-electron chi connectivity index (χ2n) is 4.97. The molecule has 4 nitrogen and oxygen atoms in total. The highest BCUT2D eigenvalue weighted by Crippen LogP contribution is 2.30. The van der Waals surface area contributed by atoms with Crippen molar-refractivity contribution >= 4 is 22.5 Å². The molecule has 0 spiro atoms. The molecule has 0 amide bonds. The number of H-pyrrole nitrogens is 1. The van der Waals surface area contributed by atoms with E-state index in [1.165, 1.54) is 13.2 Å². The largest absolute Gasteiger partial charge is 0.506 e. The van der Waals surface area contributed by atoms with Gasteiger partial charge >= 0.3 is 0 Å². The molecular formula is C17H14ClNO3. The van der Waals surface area contributed by atoms with Crippen LogP contribution in [-0.2, 0) is 4.74 Å². The molecule has 0 aliphatic rings. The van der Waals surface area contributed by atoms with Crippen LogP contribution in [0, 0.1) is 0 Å². The van der Waals surface area contributed by atoms with Crippen molar-refractivity contribution in [1.82, 2.24) is 4.98 Å². The summed E-state index contributed by atoms with van der Waals surface area (Å²) in [5.74, 6) is -0.00677. The van der Waals surface area contributed by atoms with Crippen LogP contribution in [0.5, 0.6) is 5.75 Å². The van der Waals surface area contributed by atoms with E-state index in [1.54, 1.807) is 12.1 Å². The molecular weight excluding hydrogens is 302 g/mol. The number of nitrogens with one attached hydrogen (secondary N) is 1. The fourth-order valence-electron chi connectivity index (χ4n) is 2.49. The first-order valence-electron chi connectivity index (χ1n) is 6.73. The number of aromatic amines is 1. The highest BCUT2D eigenvalue weighted by atomic mass is 35.5. The molecule has 5 heteroatoms. The van der Waals surface area contributed by atoms with Crippen LogP contribution in [0.1, 0.15) is 17.2 Å². The third kappa shape index (κ3) is 2.58. The van der Waals surface area contributed by atoms with E-state index in [4.69, 9.17) is 16.3 Å². The lowest BCUT2D eigenvalue weighted by atomic mass is 10.0. The molecule has 2 N–H and O–H groups in total. The SMILES string of the molecule is COC(c1ccc(O)c(Cl)c1)c1cc2ccccc2[nH]c1=O.